The molecule has 48 heavy (non-hydrogen) atoms. The minimum atomic E-state index is -0.300. The normalized spacial score (nSPS) is 17.9. The number of amides is 1. The zero-order valence-electron chi connectivity index (χ0n) is 27.9. The van der Waals surface area contributed by atoms with Crippen LogP contribution in [-0.2, 0) is 4.84 Å². The van der Waals surface area contributed by atoms with Gasteiger partial charge < -0.3 is 42.9 Å². The largest absolute Gasteiger partial charge is 0.493 e. The quantitative estimate of drug-likeness (QED) is 0.188. The number of benzene rings is 3. The Kier molecular flexibility index (Phi) is 10.1. The Balaban J connectivity index is 1.04. The molecule has 3 aromatic rings. The summed E-state index contributed by atoms with van der Waals surface area (Å²) in [6, 6.07) is 13.0. The molecular formula is C36H41N3O9. The van der Waals surface area contributed by atoms with Crippen LogP contribution in [0.25, 0.3) is 0 Å². The van der Waals surface area contributed by atoms with Crippen molar-refractivity contribution < 1.29 is 42.8 Å². The van der Waals surface area contributed by atoms with E-state index in [2.05, 4.69) is 10.1 Å². The number of unbranched alkanes of at least 4 members (excludes halogenated alkanes) is 1. The first-order chi connectivity index (χ1) is 23.5. The Hall–Kier alpha value is -5.13. The van der Waals surface area contributed by atoms with Crippen molar-refractivity contribution in [2.75, 3.05) is 55.3 Å². The van der Waals surface area contributed by atoms with Crippen molar-refractivity contribution in [3.8, 4) is 40.2 Å². The number of nitrogens with zero attached hydrogens (tertiary/aromatic N) is 3. The van der Waals surface area contributed by atoms with Gasteiger partial charge >= 0.3 is 0 Å². The van der Waals surface area contributed by atoms with E-state index in [1.165, 1.54) is 0 Å². The molecule has 0 bridgehead atoms. The minimum Gasteiger partial charge on any atom is -0.493 e. The molecule has 6 rings (SSSR count). The third-order valence-corrected chi connectivity index (χ3v) is 8.74. The van der Waals surface area contributed by atoms with Gasteiger partial charge in [0.15, 0.2) is 40.6 Å². The summed E-state index contributed by atoms with van der Waals surface area (Å²) in [6.07, 6.45) is 5.48. The van der Waals surface area contributed by atoms with Gasteiger partial charge in [0.25, 0.3) is 5.91 Å². The molecule has 12 nitrogen and oxygen atoms in total. The lowest BCUT2D eigenvalue weighted by Gasteiger charge is -2.20. The lowest BCUT2D eigenvalue weighted by Crippen LogP contribution is -2.35. The average molecular weight is 660 g/mol. The standard InChI is InChI=1S/C36H41N3O9/c1-41-28-11-10-22(29-19-26(38-48-29)23-16-33(43-3)35(45-5)34(17-23)44-4)15-31(28)46-13-6-7-14-47-32-18-25-27(20-30(32)42-2)37-21-24-9-8-12-39(24)36(25)40/h10-11,15-18,20-21,24,29H,6-9,12-14,19H2,1-5H3/t24-,29?/m0/s1. The van der Waals surface area contributed by atoms with Gasteiger partial charge in [-0.1, -0.05) is 11.2 Å². The molecule has 0 spiro atoms. The van der Waals surface area contributed by atoms with Crippen LogP contribution < -0.4 is 33.2 Å². The predicted molar refractivity (Wildman–Crippen MR) is 180 cm³/mol. The van der Waals surface area contributed by atoms with E-state index < -0.39 is 0 Å². The number of carbonyl (C=O) groups is 1. The third kappa shape index (κ3) is 6.65. The average Bonchev–Trinajstić information content (AvgIpc) is 3.79. The summed E-state index contributed by atoms with van der Waals surface area (Å²) < 4.78 is 39.8. The molecule has 0 aromatic heterocycles. The van der Waals surface area contributed by atoms with E-state index in [0.717, 1.165) is 49.1 Å². The minimum absolute atomic E-state index is 0.0194. The lowest BCUT2D eigenvalue weighted by atomic mass is 9.99. The molecule has 254 valence electrons. The summed E-state index contributed by atoms with van der Waals surface area (Å²) in [5, 5.41) is 4.36. The second-order valence-corrected chi connectivity index (χ2v) is 11.6. The number of aliphatic imine (C=N–C) groups is 1. The second kappa shape index (κ2) is 14.7. The topological polar surface area (TPSA) is 119 Å². The number of hydrogen-bond donors (Lipinski definition) is 0. The van der Waals surface area contributed by atoms with Gasteiger partial charge in [0.2, 0.25) is 5.75 Å². The first-order valence-corrected chi connectivity index (χ1v) is 16.0. The molecule has 1 amide bonds. The van der Waals surface area contributed by atoms with E-state index in [1.54, 1.807) is 47.7 Å². The summed E-state index contributed by atoms with van der Waals surface area (Å²) in [7, 11) is 7.93. The Labute approximate surface area is 280 Å². The Morgan fingerprint density at radius 3 is 2.15 bits per heavy atom. The number of rotatable bonds is 14. The molecule has 12 heteroatoms. The SMILES string of the molecule is COc1ccc(C2CC(c3cc(OC)c(OC)c(OC)c3)=NO2)cc1OCCCCOc1cc2c(cc1OC)N=C[C@@H]1CCCN1C2=O. The fourth-order valence-electron chi connectivity index (χ4n) is 6.17. The molecule has 3 aliphatic heterocycles. The number of oxime groups is 1. The predicted octanol–water partition coefficient (Wildman–Crippen LogP) is 6.15. The van der Waals surface area contributed by atoms with Gasteiger partial charge in [-0.05, 0) is 61.6 Å². The van der Waals surface area contributed by atoms with Gasteiger partial charge in [0.1, 0.15) is 0 Å². The van der Waals surface area contributed by atoms with Gasteiger partial charge in [-0.15, -0.1) is 0 Å². The van der Waals surface area contributed by atoms with E-state index >= 15 is 0 Å². The molecule has 1 unspecified atom stereocenters. The molecule has 1 saturated heterocycles. The van der Waals surface area contributed by atoms with Crippen LogP contribution in [0.3, 0.4) is 0 Å². The molecule has 3 heterocycles. The van der Waals surface area contributed by atoms with Crippen molar-refractivity contribution >= 4 is 23.5 Å². The molecule has 3 aliphatic rings. The van der Waals surface area contributed by atoms with Crippen molar-refractivity contribution in [1.29, 1.82) is 0 Å². The Bertz CT molecular complexity index is 1680. The van der Waals surface area contributed by atoms with Crippen LogP contribution >= 0.6 is 0 Å². The van der Waals surface area contributed by atoms with Gasteiger partial charge in [0, 0.05) is 30.8 Å². The Morgan fingerprint density at radius 1 is 0.792 bits per heavy atom. The first kappa shape index (κ1) is 32.8. The fourth-order valence-corrected chi connectivity index (χ4v) is 6.17. The van der Waals surface area contributed by atoms with Gasteiger partial charge in [-0.2, -0.15) is 0 Å². The molecule has 0 N–H and O–H groups in total. The molecule has 2 atom stereocenters. The van der Waals surface area contributed by atoms with E-state index in [1.807, 2.05) is 41.4 Å². The van der Waals surface area contributed by atoms with Crippen molar-refractivity contribution in [3.05, 3.63) is 59.2 Å². The van der Waals surface area contributed by atoms with Crippen LogP contribution in [0, 0.1) is 0 Å². The molecule has 1 fully saturated rings. The third-order valence-electron chi connectivity index (χ3n) is 8.74. The molecule has 3 aromatic carbocycles. The highest BCUT2D eigenvalue weighted by Crippen LogP contribution is 2.42. The van der Waals surface area contributed by atoms with Crippen LogP contribution in [0.5, 0.6) is 40.2 Å². The van der Waals surface area contributed by atoms with Crippen LogP contribution in [0.4, 0.5) is 5.69 Å². The van der Waals surface area contributed by atoms with Crippen molar-refractivity contribution in [3.63, 3.8) is 0 Å². The van der Waals surface area contributed by atoms with Gasteiger partial charge in [0.05, 0.1) is 71.8 Å². The van der Waals surface area contributed by atoms with E-state index in [9.17, 15) is 4.79 Å². The first-order valence-electron chi connectivity index (χ1n) is 16.0. The summed E-state index contributed by atoms with van der Waals surface area (Å²) in [5.74, 6) is 3.91. The summed E-state index contributed by atoms with van der Waals surface area (Å²) in [4.78, 5) is 25.5. The maximum atomic E-state index is 13.2. The number of fused-ring (bicyclic) bond motifs is 2. The van der Waals surface area contributed by atoms with Crippen molar-refractivity contribution in [2.24, 2.45) is 10.1 Å². The summed E-state index contributed by atoms with van der Waals surface area (Å²) >= 11 is 0. The molecule has 0 aliphatic carbocycles. The summed E-state index contributed by atoms with van der Waals surface area (Å²) in [5.41, 5.74) is 3.64. The van der Waals surface area contributed by atoms with E-state index in [-0.39, 0.29) is 18.1 Å². The van der Waals surface area contributed by atoms with Crippen molar-refractivity contribution in [2.45, 2.75) is 44.2 Å². The Morgan fingerprint density at radius 2 is 1.48 bits per heavy atom. The fraction of sp³-hybridized carbons (Fsp3) is 0.417. The lowest BCUT2D eigenvalue weighted by molar-refractivity contribution is 0.0774. The van der Waals surface area contributed by atoms with Crippen LogP contribution in [-0.4, -0.2) is 84.1 Å². The zero-order valence-corrected chi connectivity index (χ0v) is 27.9. The maximum Gasteiger partial charge on any atom is 0.256 e. The monoisotopic (exact) mass is 659 g/mol. The maximum absolute atomic E-state index is 13.2. The highest BCUT2D eigenvalue weighted by molar-refractivity contribution is 6.04. The number of ether oxygens (including phenoxy) is 7. The van der Waals surface area contributed by atoms with Gasteiger partial charge in [-0.3, -0.25) is 9.79 Å². The highest BCUT2D eigenvalue weighted by atomic mass is 16.6. The molecule has 0 saturated carbocycles. The molecular weight excluding hydrogens is 618 g/mol. The van der Waals surface area contributed by atoms with Gasteiger partial charge in [-0.25, -0.2) is 0 Å². The molecule has 0 radical (unpaired) electrons. The van der Waals surface area contributed by atoms with E-state index in [4.69, 9.17) is 38.0 Å². The highest BCUT2D eigenvalue weighted by Gasteiger charge is 2.33. The zero-order chi connectivity index (χ0) is 33.6. The number of hydrogen-bond acceptors (Lipinski definition) is 11. The van der Waals surface area contributed by atoms with Crippen molar-refractivity contribution in [1.82, 2.24) is 4.90 Å². The smallest absolute Gasteiger partial charge is 0.256 e. The van der Waals surface area contributed by atoms with E-state index in [0.29, 0.717) is 71.1 Å². The number of methoxy groups -OCH3 is 5. The number of carbonyl (C=O) groups excluding carboxylic acids is 1. The van der Waals surface area contributed by atoms with Crippen LogP contribution in [0.2, 0.25) is 0 Å². The summed E-state index contributed by atoms with van der Waals surface area (Å²) in [6.45, 7) is 1.62. The second-order valence-electron chi connectivity index (χ2n) is 11.6. The van der Waals surface area contributed by atoms with Crippen LogP contribution in [0.15, 0.2) is 52.6 Å². The van der Waals surface area contributed by atoms with Crippen LogP contribution in [0.1, 0.15) is 59.7 Å².